The molecule has 5 nitrogen and oxygen atoms in total. The van der Waals surface area contributed by atoms with Crippen LogP contribution in [-0.2, 0) is 4.74 Å². The van der Waals surface area contributed by atoms with E-state index in [1.165, 1.54) is 12.1 Å². The molecule has 0 radical (unpaired) electrons. The summed E-state index contributed by atoms with van der Waals surface area (Å²) in [4.78, 5) is 10.1. The molecule has 0 amide bonds. The van der Waals surface area contributed by atoms with Crippen molar-refractivity contribution in [2.45, 2.75) is 18.9 Å². The van der Waals surface area contributed by atoms with Gasteiger partial charge in [-0.05, 0) is 12.8 Å². The highest BCUT2D eigenvalue weighted by Gasteiger charge is 2.19. The molecule has 1 heterocycles. The molecule has 0 aliphatic carbocycles. The molecule has 1 saturated heterocycles. The van der Waals surface area contributed by atoms with Gasteiger partial charge in [0.15, 0.2) is 0 Å². The Labute approximate surface area is 114 Å². The van der Waals surface area contributed by atoms with Crippen LogP contribution < -0.4 is 5.32 Å². The van der Waals surface area contributed by atoms with E-state index in [-0.39, 0.29) is 21.8 Å². The van der Waals surface area contributed by atoms with E-state index in [0.717, 1.165) is 12.8 Å². The molecule has 0 aromatic heterocycles. The Balaban J connectivity index is 2.19. The van der Waals surface area contributed by atoms with Crippen LogP contribution in [0, 0.1) is 10.1 Å². The number of ether oxygens (including phenoxy) is 1. The molecule has 7 heteroatoms. The second kappa shape index (κ2) is 5.73. The lowest BCUT2D eigenvalue weighted by Crippen LogP contribution is -2.28. The summed E-state index contributed by atoms with van der Waals surface area (Å²) in [5, 5.41) is 14.4. The van der Waals surface area contributed by atoms with Gasteiger partial charge in [-0.3, -0.25) is 10.1 Å². The predicted octanol–water partition coefficient (Wildman–Crippen LogP) is 3.49. The normalized spacial score (nSPS) is 16.6. The van der Waals surface area contributed by atoms with Crippen LogP contribution in [0.2, 0.25) is 10.0 Å². The van der Waals surface area contributed by atoms with E-state index in [1.54, 1.807) is 0 Å². The summed E-state index contributed by atoms with van der Waals surface area (Å²) in [7, 11) is 0. The average Bonchev–Trinajstić information content (AvgIpc) is 2.34. The van der Waals surface area contributed by atoms with Gasteiger partial charge in [0.2, 0.25) is 0 Å². The van der Waals surface area contributed by atoms with Gasteiger partial charge in [-0.2, -0.15) is 0 Å². The van der Waals surface area contributed by atoms with Crippen LogP contribution >= 0.6 is 23.2 Å². The number of nitro groups is 1. The van der Waals surface area contributed by atoms with Crippen molar-refractivity contribution in [2.24, 2.45) is 0 Å². The lowest BCUT2D eigenvalue weighted by molar-refractivity contribution is -0.384. The van der Waals surface area contributed by atoms with Crippen molar-refractivity contribution in [3.05, 3.63) is 32.3 Å². The second-order valence-electron chi connectivity index (χ2n) is 4.07. The van der Waals surface area contributed by atoms with Crippen molar-refractivity contribution < 1.29 is 9.66 Å². The zero-order valence-electron chi connectivity index (χ0n) is 9.49. The third-order valence-electron chi connectivity index (χ3n) is 2.81. The summed E-state index contributed by atoms with van der Waals surface area (Å²) >= 11 is 12.0. The molecule has 18 heavy (non-hydrogen) atoms. The maximum atomic E-state index is 10.7. The monoisotopic (exact) mass is 290 g/mol. The van der Waals surface area contributed by atoms with Crippen LogP contribution in [0.3, 0.4) is 0 Å². The topological polar surface area (TPSA) is 64.4 Å². The fraction of sp³-hybridized carbons (Fsp3) is 0.455. The van der Waals surface area contributed by atoms with E-state index in [2.05, 4.69) is 5.32 Å². The molecular weight excluding hydrogens is 279 g/mol. The highest BCUT2D eigenvalue weighted by molar-refractivity contribution is 6.39. The first-order valence-electron chi connectivity index (χ1n) is 5.55. The maximum absolute atomic E-state index is 10.7. The van der Waals surface area contributed by atoms with Crippen LogP contribution in [-0.4, -0.2) is 24.2 Å². The smallest absolute Gasteiger partial charge is 0.272 e. The SMILES string of the molecule is O=[N+]([O-])c1cc(Cl)c(NC2CCOCC2)c(Cl)c1. The molecule has 0 spiro atoms. The van der Waals surface area contributed by atoms with Gasteiger partial charge in [0.05, 0.1) is 20.7 Å². The fourth-order valence-electron chi connectivity index (χ4n) is 1.85. The minimum atomic E-state index is -0.518. The van der Waals surface area contributed by atoms with Gasteiger partial charge in [-0.25, -0.2) is 0 Å². The number of halogens is 2. The Morgan fingerprint density at radius 2 is 1.83 bits per heavy atom. The number of hydrogen-bond acceptors (Lipinski definition) is 4. The van der Waals surface area contributed by atoms with Crippen LogP contribution in [0.1, 0.15) is 12.8 Å². The standard InChI is InChI=1S/C11H12Cl2N2O3/c12-9-5-8(15(16)17)6-10(13)11(9)14-7-1-3-18-4-2-7/h5-7,14H,1-4H2. The van der Waals surface area contributed by atoms with Gasteiger partial charge in [-0.1, -0.05) is 23.2 Å². The van der Waals surface area contributed by atoms with E-state index in [9.17, 15) is 10.1 Å². The predicted molar refractivity (Wildman–Crippen MR) is 70.6 cm³/mol. The minimum Gasteiger partial charge on any atom is -0.381 e. The second-order valence-corrected chi connectivity index (χ2v) is 4.89. The van der Waals surface area contributed by atoms with Gasteiger partial charge in [0, 0.05) is 31.4 Å². The minimum absolute atomic E-state index is 0.109. The number of anilines is 1. The lowest BCUT2D eigenvalue weighted by atomic mass is 10.1. The summed E-state index contributed by atoms with van der Waals surface area (Å²) in [5.74, 6) is 0. The number of nitro benzene ring substituents is 1. The summed E-state index contributed by atoms with van der Waals surface area (Å²) in [6, 6.07) is 2.83. The molecule has 1 aromatic carbocycles. The van der Waals surface area contributed by atoms with Gasteiger partial charge in [0.1, 0.15) is 0 Å². The number of non-ortho nitro benzene ring substituents is 1. The highest BCUT2D eigenvalue weighted by atomic mass is 35.5. The van der Waals surface area contributed by atoms with Crippen LogP contribution in [0.15, 0.2) is 12.1 Å². The van der Waals surface area contributed by atoms with E-state index in [1.807, 2.05) is 0 Å². The summed E-state index contributed by atoms with van der Waals surface area (Å²) in [6.07, 6.45) is 1.73. The first-order chi connectivity index (χ1) is 8.58. The highest BCUT2D eigenvalue weighted by Crippen LogP contribution is 2.35. The van der Waals surface area contributed by atoms with E-state index in [4.69, 9.17) is 27.9 Å². The van der Waals surface area contributed by atoms with Crippen molar-refractivity contribution in [3.8, 4) is 0 Å². The summed E-state index contributed by atoms with van der Waals surface area (Å²) in [5.41, 5.74) is 0.443. The molecule has 1 aliphatic heterocycles. The number of nitrogens with zero attached hydrogens (tertiary/aromatic N) is 1. The molecule has 1 aromatic rings. The van der Waals surface area contributed by atoms with E-state index < -0.39 is 4.92 Å². The molecule has 1 aliphatic rings. The molecule has 1 N–H and O–H groups in total. The Kier molecular flexibility index (Phi) is 4.27. The average molecular weight is 291 g/mol. The third-order valence-corrected chi connectivity index (χ3v) is 3.40. The lowest BCUT2D eigenvalue weighted by Gasteiger charge is -2.25. The molecule has 0 bridgehead atoms. The van der Waals surface area contributed by atoms with Crippen molar-refractivity contribution in [2.75, 3.05) is 18.5 Å². The van der Waals surface area contributed by atoms with Gasteiger partial charge in [0.25, 0.3) is 5.69 Å². The Morgan fingerprint density at radius 1 is 1.28 bits per heavy atom. The maximum Gasteiger partial charge on any atom is 0.272 e. The number of benzene rings is 1. The fourth-order valence-corrected chi connectivity index (χ4v) is 2.43. The summed E-state index contributed by atoms with van der Waals surface area (Å²) in [6.45, 7) is 1.39. The molecule has 98 valence electrons. The largest absolute Gasteiger partial charge is 0.381 e. The van der Waals surface area contributed by atoms with Gasteiger partial charge in [-0.15, -0.1) is 0 Å². The Morgan fingerprint density at radius 3 is 2.33 bits per heavy atom. The number of nitrogens with one attached hydrogen (secondary N) is 1. The van der Waals surface area contributed by atoms with Gasteiger partial charge < -0.3 is 10.1 Å². The Bertz CT molecular complexity index is 439. The van der Waals surface area contributed by atoms with Crippen LogP contribution in [0.4, 0.5) is 11.4 Å². The van der Waals surface area contributed by atoms with Crippen molar-refractivity contribution in [1.82, 2.24) is 0 Å². The zero-order valence-corrected chi connectivity index (χ0v) is 11.0. The zero-order chi connectivity index (χ0) is 13.1. The third kappa shape index (κ3) is 3.04. The van der Waals surface area contributed by atoms with Crippen molar-refractivity contribution in [1.29, 1.82) is 0 Å². The molecule has 0 atom stereocenters. The van der Waals surface area contributed by atoms with E-state index in [0.29, 0.717) is 18.9 Å². The number of hydrogen-bond donors (Lipinski definition) is 1. The van der Waals surface area contributed by atoms with E-state index >= 15 is 0 Å². The molecular formula is C11H12Cl2N2O3. The molecule has 0 unspecified atom stereocenters. The van der Waals surface area contributed by atoms with Gasteiger partial charge >= 0.3 is 0 Å². The van der Waals surface area contributed by atoms with Crippen molar-refractivity contribution >= 4 is 34.6 Å². The molecule has 2 rings (SSSR count). The van der Waals surface area contributed by atoms with Crippen LogP contribution in [0.25, 0.3) is 0 Å². The molecule has 0 saturated carbocycles. The number of rotatable bonds is 3. The molecule has 1 fully saturated rings. The summed E-state index contributed by atoms with van der Waals surface area (Å²) < 4.78 is 5.25. The quantitative estimate of drug-likeness (QED) is 0.684. The first-order valence-corrected chi connectivity index (χ1v) is 6.31. The van der Waals surface area contributed by atoms with Crippen LogP contribution in [0.5, 0.6) is 0 Å². The first kappa shape index (κ1) is 13.4. The Hall–Kier alpha value is -1.04. The van der Waals surface area contributed by atoms with Crippen molar-refractivity contribution in [3.63, 3.8) is 0 Å².